The van der Waals surface area contributed by atoms with E-state index in [1.807, 2.05) is 21.6 Å². The molecule has 0 aliphatic carbocycles. The van der Waals surface area contributed by atoms with Gasteiger partial charge in [-0.05, 0) is 32.8 Å². The van der Waals surface area contributed by atoms with Crippen LogP contribution in [0.25, 0.3) is 0 Å². The van der Waals surface area contributed by atoms with Crippen molar-refractivity contribution >= 4 is 5.69 Å². The summed E-state index contributed by atoms with van der Waals surface area (Å²) in [6, 6.07) is 2.43. The molecule has 0 aliphatic rings. The average Bonchev–Trinajstić information content (AvgIpc) is 2.95. The third-order valence-electron chi connectivity index (χ3n) is 3.35. The molecule has 2 N–H and O–H groups in total. The van der Waals surface area contributed by atoms with Crippen LogP contribution in [0.15, 0.2) is 12.3 Å². The first-order chi connectivity index (χ1) is 9.06. The minimum absolute atomic E-state index is 0.383. The Labute approximate surface area is 114 Å². The molecule has 0 saturated heterocycles. The largest absolute Gasteiger partial charge is 0.396 e. The second-order valence-electron chi connectivity index (χ2n) is 5.05. The molecule has 5 nitrogen and oxygen atoms in total. The number of hydrogen-bond donors (Lipinski definition) is 1. The van der Waals surface area contributed by atoms with Crippen molar-refractivity contribution in [1.29, 1.82) is 0 Å². The summed E-state index contributed by atoms with van der Waals surface area (Å²) < 4.78 is 3.95. The summed E-state index contributed by atoms with van der Waals surface area (Å²) in [4.78, 5) is 0. The normalized spacial score (nSPS) is 11.4. The van der Waals surface area contributed by atoms with Crippen LogP contribution in [0.4, 0.5) is 5.69 Å². The lowest BCUT2D eigenvalue weighted by Gasteiger charge is -2.06. The summed E-state index contributed by atoms with van der Waals surface area (Å²) in [5.74, 6) is 0. The summed E-state index contributed by atoms with van der Waals surface area (Å²) in [7, 11) is 0. The van der Waals surface area contributed by atoms with E-state index in [9.17, 15) is 0 Å². The van der Waals surface area contributed by atoms with Crippen molar-refractivity contribution in [2.45, 2.75) is 53.1 Å². The highest BCUT2D eigenvalue weighted by molar-refractivity contribution is 5.48. The molecule has 0 aromatic carbocycles. The zero-order valence-electron chi connectivity index (χ0n) is 12.2. The summed E-state index contributed by atoms with van der Waals surface area (Å²) >= 11 is 0. The van der Waals surface area contributed by atoms with E-state index in [4.69, 9.17) is 5.73 Å². The lowest BCUT2D eigenvalue weighted by molar-refractivity contribution is 0.518. The van der Waals surface area contributed by atoms with Gasteiger partial charge in [-0.15, -0.1) is 0 Å². The van der Waals surface area contributed by atoms with Gasteiger partial charge in [0.1, 0.15) is 0 Å². The Kier molecular flexibility index (Phi) is 3.93. The van der Waals surface area contributed by atoms with Gasteiger partial charge in [0.15, 0.2) is 0 Å². The Balaban J connectivity index is 2.27. The van der Waals surface area contributed by atoms with Crippen LogP contribution < -0.4 is 5.73 Å². The highest BCUT2D eigenvalue weighted by atomic mass is 15.3. The van der Waals surface area contributed by atoms with Gasteiger partial charge in [0, 0.05) is 12.2 Å². The van der Waals surface area contributed by atoms with Crippen LogP contribution >= 0.6 is 0 Å². The van der Waals surface area contributed by atoms with E-state index < -0.39 is 0 Å². The SMILES string of the molecule is CCc1nn(Cc2ccn(C(C)C)n2)c(CC)c1N. The fourth-order valence-electron chi connectivity index (χ4n) is 2.23. The number of nitrogens with two attached hydrogens (primary N) is 1. The molecule has 5 heteroatoms. The molecule has 2 aromatic rings. The summed E-state index contributed by atoms with van der Waals surface area (Å²) in [5.41, 5.74) is 10.1. The van der Waals surface area contributed by atoms with E-state index in [0.717, 1.165) is 35.6 Å². The Bertz CT molecular complexity index is 550. The molecule has 2 rings (SSSR count). The quantitative estimate of drug-likeness (QED) is 0.899. The molecule has 0 saturated carbocycles. The van der Waals surface area contributed by atoms with Gasteiger partial charge in [-0.25, -0.2) is 0 Å². The van der Waals surface area contributed by atoms with Crippen LogP contribution in [0, 0.1) is 0 Å². The fourth-order valence-corrected chi connectivity index (χ4v) is 2.23. The standard InChI is InChI=1S/C14H23N5/c1-5-12-14(15)13(6-2)19(17-12)9-11-7-8-18(16-11)10(3)4/h7-8,10H,5-6,9,15H2,1-4H3. The first-order valence-corrected chi connectivity index (χ1v) is 6.94. The third kappa shape index (κ3) is 2.64. The number of nitrogen functional groups attached to an aromatic ring is 1. The molecule has 0 fully saturated rings. The van der Waals surface area contributed by atoms with Crippen molar-refractivity contribution in [3.63, 3.8) is 0 Å². The van der Waals surface area contributed by atoms with Crippen LogP contribution in [0.2, 0.25) is 0 Å². The molecule has 0 atom stereocenters. The summed E-state index contributed by atoms with van der Waals surface area (Å²) in [6.07, 6.45) is 3.77. The number of hydrogen-bond acceptors (Lipinski definition) is 3. The highest BCUT2D eigenvalue weighted by Gasteiger charge is 2.13. The van der Waals surface area contributed by atoms with Crippen LogP contribution in [-0.2, 0) is 19.4 Å². The number of aromatic nitrogens is 4. The zero-order valence-corrected chi connectivity index (χ0v) is 12.2. The van der Waals surface area contributed by atoms with Crippen LogP contribution in [0.1, 0.15) is 50.8 Å². The second kappa shape index (κ2) is 5.47. The van der Waals surface area contributed by atoms with Crippen molar-refractivity contribution in [1.82, 2.24) is 19.6 Å². The smallest absolute Gasteiger partial charge is 0.0854 e. The van der Waals surface area contributed by atoms with Gasteiger partial charge in [0.05, 0.1) is 29.3 Å². The fraction of sp³-hybridized carbons (Fsp3) is 0.571. The maximum atomic E-state index is 6.12. The van der Waals surface area contributed by atoms with Gasteiger partial charge >= 0.3 is 0 Å². The Morgan fingerprint density at radius 3 is 2.47 bits per heavy atom. The van der Waals surface area contributed by atoms with Gasteiger partial charge in [0.25, 0.3) is 0 Å². The van der Waals surface area contributed by atoms with Gasteiger partial charge < -0.3 is 5.73 Å². The summed E-state index contributed by atoms with van der Waals surface area (Å²) in [5, 5.41) is 9.15. The van der Waals surface area contributed by atoms with E-state index in [0.29, 0.717) is 12.6 Å². The Hall–Kier alpha value is -1.78. The molecule has 0 amide bonds. The minimum atomic E-state index is 0.383. The average molecular weight is 261 g/mol. The van der Waals surface area contributed by atoms with Gasteiger partial charge in [-0.1, -0.05) is 13.8 Å². The van der Waals surface area contributed by atoms with E-state index in [1.54, 1.807) is 0 Å². The third-order valence-corrected chi connectivity index (χ3v) is 3.35. The number of rotatable bonds is 5. The van der Waals surface area contributed by atoms with Crippen molar-refractivity contribution in [3.8, 4) is 0 Å². The van der Waals surface area contributed by atoms with Gasteiger partial charge in [-0.2, -0.15) is 10.2 Å². The highest BCUT2D eigenvalue weighted by Crippen LogP contribution is 2.19. The lowest BCUT2D eigenvalue weighted by Crippen LogP contribution is -2.08. The van der Waals surface area contributed by atoms with E-state index in [-0.39, 0.29) is 0 Å². The lowest BCUT2D eigenvalue weighted by atomic mass is 10.2. The topological polar surface area (TPSA) is 61.7 Å². The monoisotopic (exact) mass is 261 g/mol. The molecular formula is C14H23N5. The molecule has 0 bridgehead atoms. The molecule has 0 radical (unpaired) electrons. The molecule has 2 aromatic heterocycles. The van der Waals surface area contributed by atoms with E-state index in [1.165, 1.54) is 0 Å². The zero-order chi connectivity index (χ0) is 14.0. The maximum absolute atomic E-state index is 6.12. The maximum Gasteiger partial charge on any atom is 0.0854 e. The van der Waals surface area contributed by atoms with Crippen molar-refractivity contribution in [3.05, 3.63) is 29.3 Å². The molecular weight excluding hydrogens is 238 g/mol. The van der Waals surface area contributed by atoms with Crippen LogP contribution in [-0.4, -0.2) is 19.6 Å². The number of aryl methyl sites for hydroxylation is 1. The molecule has 0 unspecified atom stereocenters. The first kappa shape index (κ1) is 13.6. The molecule has 19 heavy (non-hydrogen) atoms. The molecule has 0 aliphatic heterocycles. The number of nitrogens with zero attached hydrogens (tertiary/aromatic N) is 4. The van der Waals surface area contributed by atoms with E-state index >= 15 is 0 Å². The number of anilines is 1. The second-order valence-corrected chi connectivity index (χ2v) is 5.05. The Morgan fingerprint density at radius 1 is 1.21 bits per heavy atom. The molecule has 104 valence electrons. The van der Waals surface area contributed by atoms with Crippen molar-refractivity contribution in [2.75, 3.05) is 5.73 Å². The first-order valence-electron chi connectivity index (χ1n) is 6.94. The van der Waals surface area contributed by atoms with Gasteiger partial charge in [-0.3, -0.25) is 9.36 Å². The van der Waals surface area contributed by atoms with E-state index in [2.05, 4.69) is 37.9 Å². The van der Waals surface area contributed by atoms with Crippen LogP contribution in [0.3, 0.4) is 0 Å². The predicted octanol–water partition coefficient (Wildman–Crippen LogP) is 2.42. The van der Waals surface area contributed by atoms with Gasteiger partial charge in [0.2, 0.25) is 0 Å². The minimum Gasteiger partial charge on any atom is -0.396 e. The summed E-state index contributed by atoms with van der Waals surface area (Å²) in [6.45, 7) is 9.11. The molecule has 0 spiro atoms. The molecule has 2 heterocycles. The Morgan fingerprint density at radius 2 is 1.95 bits per heavy atom. The van der Waals surface area contributed by atoms with Crippen LogP contribution in [0.5, 0.6) is 0 Å². The van der Waals surface area contributed by atoms with Crippen molar-refractivity contribution in [2.24, 2.45) is 0 Å². The predicted molar refractivity (Wildman–Crippen MR) is 77.1 cm³/mol. The van der Waals surface area contributed by atoms with Crippen molar-refractivity contribution < 1.29 is 0 Å².